The van der Waals surface area contributed by atoms with Gasteiger partial charge >= 0.3 is 0 Å². The van der Waals surface area contributed by atoms with E-state index in [0.717, 1.165) is 12.3 Å². The monoisotopic (exact) mass is 209 g/mol. The molecular weight excluding hydrogens is 190 g/mol. The van der Waals surface area contributed by atoms with Crippen molar-refractivity contribution in [1.29, 1.82) is 0 Å². The number of hydrogen-bond acceptors (Lipinski definition) is 3. The van der Waals surface area contributed by atoms with Gasteiger partial charge in [-0.3, -0.25) is 0 Å². The van der Waals surface area contributed by atoms with E-state index >= 15 is 0 Å². The van der Waals surface area contributed by atoms with Crippen LogP contribution in [0.15, 0.2) is 12.1 Å². The second-order valence-corrected chi connectivity index (χ2v) is 3.58. The van der Waals surface area contributed by atoms with E-state index in [9.17, 15) is 0 Å². The smallest absolute Gasteiger partial charge is 0.122 e. The molecule has 0 fully saturated rings. The molecule has 0 bridgehead atoms. The molecule has 1 rings (SSSR count). The second-order valence-electron chi connectivity index (χ2n) is 3.58. The Hall–Kier alpha value is -1.06. The Morgan fingerprint density at radius 1 is 1.27 bits per heavy atom. The lowest BCUT2D eigenvalue weighted by molar-refractivity contribution is 0.292. The molecular formula is C12H19NO2. The minimum atomic E-state index is 0.175. The predicted octanol–water partition coefficient (Wildman–Crippen LogP) is 1.39. The maximum Gasteiger partial charge on any atom is 0.122 e. The van der Waals surface area contributed by atoms with Crippen LogP contribution in [0.1, 0.15) is 16.7 Å². The lowest BCUT2D eigenvalue weighted by atomic mass is 10.0. The minimum absolute atomic E-state index is 0.175. The summed E-state index contributed by atoms with van der Waals surface area (Å²) in [6.07, 6.45) is 0. The maximum absolute atomic E-state index is 8.67. The van der Waals surface area contributed by atoms with Crippen molar-refractivity contribution in [2.75, 3.05) is 20.3 Å². The average molecular weight is 209 g/mol. The molecule has 0 amide bonds. The van der Waals surface area contributed by atoms with Crippen LogP contribution < -0.4 is 10.1 Å². The Labute approximate surface area is 91.1 Å². The van der Waals surface area contributed by atoms with Gasteiger partial charge in [-0.25, -0.2) is 0 Å². The lowest BCUT2D eigenvalue weighted by Gasteiger charge is -2.12. The van der Waals surface area contributed by atoms with Gasteiger partial charge in [-0.2, -0.15) is 0 Å². The number of benzene rings is 1. The zero-order valence-electron chi connectivity index (χ0n) is 9.63. The molecule has 0 spiro atoms. The molecule has 2 N–H and O–H groups in total. The van der Waals surface area contributed by atoms with E-state index in [1.807, 2.05) is 6.07 Å². The zero-order valence-corrected chi connectivity index (χ0v) is 9.63. The van der Waals surface area contributed by atoms with Crippen LogP contribution in [0.5, 0.6) is 5.75 Å². The van der Waals surface area contributed by atoms with E-state index in [1.54, 1.807) is 7.11 Å². The largest absolute Gasteiger partial charge is 0.496 e. The van der Waals surface area contributed by atoms with Crippen LogP contribution in [0.25, 0.3) is 0 Å². The van der Waals surface area contributed by atoms with Gasteiger partial charge in [0.2, 0.25) is 0 Å². The highest BCUT2D eigenvalue weighted by molar-refractivity contribution is 5.43. The van der Waals surface area contributed by atoms with Crippen LogP contribution in [0.2, 0.25) is 0 Å². The molecule has 15 heavy (non-hydrogen) atoms. The Bertz CT molecular complexity index is 324. The van der Waals surface area contributed by atoms with Crippen molar-refractivity contribution in [2.45, 2.75) is 20.4 Å². The summed E-state index contributed by atoms with van der Waals surface area (Å²) in [7, 11) is 1.69. The van der Waals surface area contributed by atoms with Crippen LogP contribution in [0, 0.1) is 13.8 Å². The number of ether oxygens (including phenoxy) is 1. The lowest BCUT2D eigenvalue weighted by Crippen LogP contribution is -2.18. The van der Waals surface area contributed by atoms with E-state index in [2.05, 4.69) is 25.2 Å². The molecule has 0 unspecified atom stereocenters. The standard InChI is InChI=1S/C12H19NO2/c1-9-10(2)12(15-3)5-4-11(9)8-13-6-7-14/h4-5,13-14H,6-8H2,1-3H3. The molecule has 84 valence electrons. The van der Waals surface area contributed by atoms with Gasteiger partial charge in [0.25, 0.3) is 0 Å². The molecule has 1 aromatic carbocycles. The third-order valence-electron chi connectivity index (χ3n) is 2.67. The van der Waals surface area contributed by atoms with Gasteiger partial charge in [0.1, 0.15) is 5.75 Å². The van der Waals surface area contributed by atoms with Gasteiger partial charge < -0.3 is 15.2 Å². The van der Waals surface area contributed by atoms with E-state index in [4.69, 9.17) is 9.84 Å². The summed E-state index contributed by atoms with van der Waals surface area (Å²) in [6.45, 7) is 5.74. The summed E-state index contributed by atoms with van der Waals surface area (Å²) >= 11 is 0. The summed E-state index contributed by atoms with van der Waals surface area (Å²) in [6, 6.07) is 4.05. The molecule has 1 aromatic rings. The fourth-order valence-corrected chi connectivity index (χ4v) is 1.57. The molecule has 0 heterocycles. The van der Waals surface area contributed by atoms with Gasteiger partial charge in [-0.1, -0.05) is 6.07 Å². The van der Waals surface area contributed by atoms with Gasteiger partial charge in [-0.05, 0) is 36.6 Å². The third kappa shape index (κ3) is 2.94. The summed E-state index contributed by atoms with van der Waals surface area (Å²) in [5.74, 6) is 0.929. The highest BCUT2D eigenvalue weighted by Crippen LogP contribution is 2.23. The van der Waals surface area contributed by atoms with Crippen molar-refractivity contribution in [3.8, 4) is 5.75 Å². The Balaban J connectivity index is 2.77. The molecule has 0 aliphatic carbocycles. The van der Waals surface area contributed by atoms with Crippen LogP contribution in [0.3, 0.4) is 0 Å². The summed E-state index contributed by atoms with van der Waals surface area (Å²) < 4.78 is 5.25. The zero-order chi connectivity index (χ0) is 11.3. The summed E-state index contributed by atoms with van der Waals surface area (Å²) in [4.78, 5) is 0. The first-order valence-electron chi connectivity index (χ1n) is 5.15. The molecule has 0 radical (unpaired) electrons. The van der Waals surface area contributed by atoms with Crippen molar-refractivity contribution in [1.82, 2.24) is 5.32 Å². The van der Waals surface area contributed by atoms with Crippen molar-refractivity contribution in [2.24, 2.45) is 0 Å². The maximum atomic E-state index is 8.67. The second kappa shape index (κ2) is 5.73. The number of aliphatic hydroxyl groups is 1. The first kappa shape index (κ1) is 12.0. The third-order valence-corrected chi connectivity index (χ3v) is 2.67. The Morgan fingerprint density at radius 3 is 2.60 bits per heavy atom. The number of methoxy groups -OCH3 is 1. The molecule has 0 atom stereocenters. The van der Waals surface area contributed by atoms with E-state index in [0.29, 0.717) is 6.54 Å². The van der Waals surface area contributed by atoms with Gasteiger partial charge in [0, 0.05) is 13.1 Å². The Kier molecular flexibility index (Phi) is 4.59. The fourth-order valence-electron chi connectivity index (χ4n) is 1.57. The molecule has 3 nitrogen and oxygen atoms in total. The Morgan fingerprint density at radius 2 is 2.00 bits per heavy atom. The summed E-state index contributed by atoms with van der Waals surface area (Å²) in [5.41, 5.74) is 3.68. The SMILES string of the molecule is COc1ccc(CNCCO)c(C)c1C. The van der Waals surface area contributed by atoms with Gasteiger partial charge in [0.15, 0.2) is 0 Å². The average Bonchev–Trinajstić information content (AvgIpc) is 2.25. The van der Waals surface area contributed by atoms with E-state index in [-0.39, 0.29) is 6.61 Å². The fraction of sp³-hybridized carbons (Fsp3) is 0.500. The van der Waals surface area contributed by atoms with Crippen molar-refractivity contribution in [3.63, 3.8) is 0 Å². The predicted molar refractivity (Wildman–Crippen MR) is 61.3 cm³/mol. The summed E-state index contributed by atoms with van der Waals surface area (Å²) in [5, 5.41) is 11.8. The van der Waals surface area contributed by atoms with E-state index in [1.165, 1.54) is 16.7 Å². The number of aliphatic hydroxyl groups excluding tert-OH is 1. The van der Waals surface area contributed by atoms with Crippen molar-refractivity contribution in [3.05, 3.63) is 28.8 Å². The van der Waals surface area contributed by atoms with E-state index < -0.39 is 0 Å². The molecule has 3 heteroatoms. The normalized spacial score (nSPS) is 10.4. The topological polar surface area (TPSA) is 41.5 Å². The van der Waals surface area contributed by atoms with Crippen LogP contribution in [0.4, 0.5) is 0 Å². The van der Waals surface area contributed by atoms with Crippen LogP contribution in [-0.2, 0) is 6.54 Å². The minimum Gasteiger partial charge on any atom is -0.496 e. The molecule has 0 aromatic heterocycles. The van der Waals surface area contributed by atoms with Crippen molar-refractivity contribution < 1.29 is 9.84 Å². The number of nitrogens with one attached hydrogen (secondary N) is 1. The molecule has 0 aliphatic heterocycles. The van der Waals surface area contributed by atoms with Crippen LogP contribution in [-0.4, -0.2) is 25.4 Å². The molecule has 0 saturated heterocycles. The van der Waals surface area contributed by atoms with Crippen molar-refractivity contribution >= 4 is 0 Å². The first-order chi connectivity index (χ1) is 7.20. The quantitative estimate of drug-likeness (QED) is 0.720. The molecule has 0 saturated carbocycles. The van der Waals surface area contributed by atoms with Crippen LogP contribution >= 0.6 is 0 Å². The number of hydrogen-bond donors (Lipinski definition) is 2. The van der Waals surface area contributed by atoms with Gasteiger partial charge in [-0.15, -0.1) is 0 Å². The highest BCUT2D eigenvalue weighted by Gasteiger charge is 2.05. The molecule has 0 aliphatic rings. The number of rotatable bonds is 5. The van der Waals surface area contributed by atoms with Gasteiger partial charge in [0.05, 0.1) is 13.7 Å². The highest BCUT2D eigenvalue weighted by atomic mass is 16.5. The first-order valence-corrected chi connectivity index (χ1v) is 5.15.